The standard InChI is InChI=1S/C18H17N5S/c24-18-22-21-17(23(18)16-9-11-6-7-13(16)8-11)15-10-14(19-20-15)12-4-2-1-3-5-12/h1-7,10-11,13,16H,8-9H2,(H,19,20)(H,22,24)/t11-,13-,16+/m0/s1. The molecule has 1 saturated carbocycles. The molecule has 0 aliphatic heterocycles. The Morgan fingerprint density at radius 1 is 1.04 bits per heavy atom. The number of aromatic nitrogens is 5. The lowest BCUT2D eigenvalue weighted by atomic mass is 10.0. The highest BCUT2D eigenvalue weighted by Gasteiger charge is 2.38. The second-order valence-electron chi connectivity index (χ2n) is 6.60. The van der Waals surface area contributed by atoms with Gasteiger partial charge in [-0.25, -0.2) is 0 Å². The monoisotopic (exact) mass is 335 g/mol. The molecule has 0 radical (unpaired) electrons. The van der Waals surface area contributed by atoms with Gasteiger partial charge in [-0.15, -0.1) is 0 Å². The molecule has 3 atom stereocenters. The van der Waals surface area contributed by atoms with E-state index in [-0.39, 0.29) is 0 Å². The SMILES string of the molecule is S=c1[nH]nc(-c2cc(-c3ccccc3)n[nH]2)n1[C@@H]1C[C@H]2C=C[C@H]1C2. The minimum absolute atomic E-state index is 0.393. The van der Waals surface area contributed by atoms with Gasteiger partial charge >= 0.3 is 0 Å². The molecule has 2 heterocycles. The Labute approximate surface area is 144 Å². The van der Waals surface area contributed by atoms with Crippen molar-refractivity contribution in [2.24, 2.45) is 11.8 Å². The summed E-state index contributed by atoms with van der Waals surface area (Å²) in [7, 11) is 0. The maximum absolute atomic E-state index is 5.51. The Bertz CT molecular complexity index is 965. The molecule has 2 aliphatic carbocycles. The van der Waals surface area contributed by atoms with Gasteiger partial charge in [0, 0.05) is 11.6 Å². The molecule has 0 spiro atoms. The molecule has 2 N–H and O–H groups in total. The van der Waals surface area contributed by atoms with Crippen molar-refractivity contribution in [3.05, 3.63) is 53.3 Å². The van der Waals surface area contributed by atoms with Crippen LogP contribution in [0.5, 0.6) is 0 Å². The molecule has 0 unspecified atom stereocenters. The summed E-state index contributed by atoms with van der Waals surface area (Å²) in [6.45, 7) is 0. The fraction of sp³-hybridized carbons (Fsp3) is 0.278. The van der Waals surface area contributed by atoms with Crippen molar-refractivity contribution in [3.63, 3.8) is 0 Å². The molecule has 6 heteroatoms. The highest BCUT2D eigenvalue weighted by atomic mass is 32.1. The van der Waals surface area contributed by atoms with E-state index in [0.717, 1.165) is 29.2 Å². The molecule has 2 aromatic heterocycles. The summed E-state index contributed by atoms with van der Waals surface area (Å²) < 4.78 is 2.86. The number of fused-ring (bicyclic) bond motifs is 2. The Morgan fingerprint density at radius 2 is 1.92 bits per heavy atom. The van der Waals surface area contributed by atoms with Crippen molar-refractivity contribution in [2.45, 2.75) is 18.9 Å². The molecular formula is C18H17N5S. The molecule has 2 aliphatic rings. The van der Waals surface area contributed by atoms with Gasteiger partial charge in [-0.3, -0.25) is 14.8 Å². The van der Waals surface area contributed by atoms with Crippen LogP contribution in [0.15, 0.2) is 48.6 Å². The number of hydrogen-bond acceptors (Lipinski definition) is 3. The summed E-state index contributed by atoms with van der Waals surface area (Å²) in [6, 6.07) is 12.6. The first kappa shape index (κ1) is 13.9. The van der Waals surface area contributed by atoms with E-state index in [2.05, 4.69) is 49.2 Å². The molecule has 24 heavy (non-hydrogen) atoms. The molecule has 2 bridgehead atoms. The highest BCUT2D eigenvalue weighted by molar-refractivity contribution is 7.71. The number of nitrogens with zero attached hydrogens (tertiary/aromatic N) is 3. The molecule has 0 amide bonds. The van der Waals surface area contributed by atoms with E-state index in [1.165, 1.54) is 6.42 Å². The minimum atomic E-state index is 0.393. The van der Waals surface area contributed by atoms with Crippen molar-refractivity contribution in [2.75, 3.05) is 0 Å². The number of hydrogen-bond donors (Lipinski definition) is 2. The van der Waals surface area contributed by atoms with Crippen LogP contribution in [0, 0.1) is 16.6 Å². The summed E-state index contributed by atoms with van der Waals surface area (Å²) in [5.41, 5.74) is 2.90. The quantitative estimate of drug-likeness (QED) is 0.559. The summed E-state index contributed by atoms with van der Waals surface area (Å²) in [6.07, 6.45) is 7.05. The highest BCUT2D eigenvalue weighted by Crippen LogP contribution is 2.47. The van der Waals surface area contributed by atoms with Gasteiger partial charge in [0.2, 0.25) is 0 Å². The van der Waals surface area contributed by atoms with Crippen LogP contribution in [-0.2, 0) is 0 Å². The van der Waals surface area contributed by atoms with E-state index in [4.69, 9.17) is 12.2 Å². The summed E-state index contributed by atoms with van der Waals surface area (Å²) >= 11 is 5.51. The number of aromatic amines is 2. The lowest BCUT2D eigenvalue weighted by molar-refractivity contribution is 0.431. The van der Waals surface area contributed by atoms with Gasteiger partial charge in [0.15, 0.2) is 10.6 Å². The van der Waals surface area contributed by atoms with E-state index < -0.39 is 0 Å². The van der Waals surface area contributed by atoms with Crippen LogP contribution in [0.25, 0.3) is 22.8 Å². The molecule has 120 valence electrons. The average Bonchev–Trinajstić information content (AvgIpc) is 3.38. The van der Waals surface area contributed by atoms with E-state index in [0.29, 0.717) is 22.6 Å². The van der Waals surface area contributed by atoms with Gasteiger partial charge in [-0.1, -0.05) is 42.5 Å². The second-order valence-corrected chi connectivity index (χ2v) is 6.99. The van der Waals surface area contributed by atoms with Crippen LogP contribution in [-0.4, -0.2) is 25.0 Å². The van der Waals surface area contributed by atoms with Gasteiger partial charge in [-0.2, -0.15) is 10.2 Å². The number of benzene rings is 1. The number of rotatable bonds is 3. The zero-order valence-corrected chi connectivity index (χ0v) is 13.8. The maximum atomic E-state index is 5.51. The largest absolute Gasteiger partial charge is 0.295 e. The Balaban J connectivity index is 1.56. The number of H-pyrrole nitrogens is 2. The van der Waals surface area contributed by atoms with E-state index in [1.54, 1.807) is 0 Å². The van der Waals surface area contributed by atoms with E-state index >= 15 is 0 Å². The van der Waals surface area contributed by atoms with Gasteiger partial charge < -0.3 is 0 Å². The zero-order valence-electron chi connectivity index (χ0n) is 13.0. The van der Waals surface area contributed by atoms with Crippen molar-refractivity contribution in [1.82, 2.24) is 25.0 Å². The summed E-state index contributed by atoms with van der Waals surface area (Å²) in [5.74, 6) is 2.10. The second kappa shape index (κ2) is 5.27. The van der Waals surface area contributed by atoms with Gasteiger partial charge in [0.05, 0.1) is 5.69 Å². The lowest BCUT2D eigenvalue weighted by Gasteiger charge is -2.20. The maximum Gasteiger partial charge on any atom is 0.195 e. The first-order valence-electron chi connectivity index (χ1n) is 8.26. The molecule has 0 saturated heterocycles. The first-order valence-corrected chi connectivity index (χ1v) is 8.67. The van der Waals surface area contributed by atoms with E-state index in [9.17, 15) is 0 Å². The average molecular weight is 335 g/mol. The van der Waals surface area contributed by atoms with Gasteiger partial charge in [0.1, 0.15) is 5.69 Å². The zero-order chi connectivity index (χ0) is 16.1. The predicted octanol–water partition coefficient (Wildman–Crippen LogP) is 4.13. The smallest absolute Gasteiger partial charge is 0.195 e. The van der Waals surface area contributed by atoms with E-state index in [1.807, 2.05) is 24.3 Å². The fourth-order valence-corrected chi connectivity index (χ4v) is 4.31. The Hall–Kier alpha value is -2.47. The summed E-state index contributed by atoms with van der Waals surface area (Å²) in [4.78, 5) is 0. The summed E-state index contributed by atoms with van der Waals surface area (Å²) in [5, 5.41) is 15.0. The lowest BCUT2D eigenvalue weighted by Crippen LogP contribution is -2.15. The molecule has 1 aromatic carbocycles. The van der Waals surface area contributed by atoms with Gasteiger partial charge in [-0.05, 0) is 43.0 Å². The third-order valence-corrected chi connectivity index (χ3v) is 5.46. The first-order chi connectivity index (χ1) is 11.8. The van der Waals surface area contributed by atoms with Crippen LogP contribution in [0.4, 0.5) is 0 Å². The van der Waals surface area contributed by atoms with Crippen LogP contribution >= 0.6 is 12.2 Å². The number of nitrogens with one attached hydrogen (secondary N) is 2. The van der Waals surface area contributed by atoms with Crippen molar-refractivity contribution in [3.8, 4) is 22.8 Å². The third kappa shape index (κ3) is 2.10. The normalized spacial score (nSPS) is 24.8. The van der Waals surface area contributed by atoms with Gasteiger partial charge in [0.25, 0.3) is 0 Å². The van der Waals surface area contributed by atoms with Crippen molar-refractivity contribution >= 4 is 12.2 Å². The predicted molar refractivity (Wildman–Crippen MR) is 94.8 cm³/mol. The van der Waals surface area contributed by atoms with Crippen molar-refractivity contribution in [1.29, 1.82) is 0 Å². The topological polar surface area (TPSA) is 62.3 Å². The van der Waals surface area contributed by atoms with Crippen LogP contribution < -0.4 is 0 Å². The molecule has 5 rings (SSSR count). The molecule has 3 aromatic rings. The molecular weight excluding hydrogens is 318 g/mol. The van der Waals surface area contributed by atoms with Crippen LogP contribution in [0.2, 0.25) is 0 Å². The Morgan fingerprint density at radius 3 is 2.67 bits per heavy atom. The van der Waals surface area contributed by atoms with Crippen LogP contribution in [0.1, 0.15) is 18.9 Å². The molecule has 1 fully saturated rings. The Kier molecular flexibility index (Phi) is 3.06. The minimum Gasteiger partial charge on any atom is -0.295 e. The van der Waals surface area contributed by atoms with Crippen molar-refractivity contribution < 1.29 is 0 Å². The van der Waals surface area contributed by atoms with Crippen LogP contribution in [0.3, 0.4) is 0 Å². The fourth-order valence-electron chi connectivity index (χ4n) is 4.04. The molecule has 5 nitrogen and oxygen atoms in total. The number of allylic oxidation sites excluding steroid dienone is 2. The third-order valence-electron chi connectivity index (χ3n) is 5.17.